The van der Waals surface area contributed by atoms with Gasteiger partial charge in [-0.2, -0.15) is 0 Å². The summed E-state index contributed by atoms with van der Waals surface area (Å²) in [6.45, 7) is 9.66. The molecule has 1 aromatic heterocycles. The van der Waals surface area contributed by atoms with Crippen molar-refractivity contribution in [2.75, 3.05) is 39.3 Å². The predicted molar refractivity (Wildman–Crippen MR) is 115 cm³/mol. The quantitative estimate of drug-likeness (QED) is 0.678. The molecule has 2 aromatic rings. The number of aldehydes is 1. The van der Waals surface area contributed by atoms with Crippen LogP contribution in [0.5, 0.6) is 5.75 Å². The van der Waals surface area contributed by atoms with Crippen LogP contribution in [0.4, 0.5) is 4.79 Å². The van der Waals surface area contributed by atoms with Crippen molar-refractivity contribution in [2.24, 2.45) is 0 Å². The zero-order valence-corrected chi connectivity index (χ0v) is 17.8. The Kier molecular flexibility index (Phi) is 7.05. The average Bonchev–Trinajstić information content (AvgIpc) is 2.73. The Labute approximate surface area is 177 Å². The Hall–Kier alpha value is -2.93. The molecule has 0 spiro atoms. The first kappa shape index (κ1) is 21.8. The number of hydrogen-bond acceptors (Lipinski definition) is 6. The largest absolute Gasteiger partial charge is 0.492 e. The minimum atomic E-state index is -0.481. The highest BCUT2D eigenvalue weighted by Crippen LogP contribution is 2.23. The Morgan fingerprint density at radius 1 is 1.10 bits per heavy atom. The highest BCUT2D eigenvalue weighted by Gasteiger charge is 2.25. The lowest BCUT2D eigenvalue weighted by Gasteiger charge is -2.35. The molecular weight excluding hydrogens is 382 g/mol. The van der Waals surface area contributed by atoms with Crippen molar-refractivity contribution in [1.29, 1.82) is 0 Å². The number of pyridine rings is 1. The normalized spacial score (nSPS) is 15.0. The fourth-order valence-electron chi connectivity index (χ4n) is 3.20. The molecule has 1 aliphatic rings. The number of ether oxygens (including phenoxy) is 2. The van der Waals surface area contributed by atoms with Gasteiger partial charge in [0.15, 0.2) is 6.29 Å². The van der Waals surface area contributed by atoms with Gasteiger partial charge in [-0.3, -0.25) is 9.69 Å². The van der Waals surface area contributed by atoms with Crippen LogP contribution in [0.1, 0.15) is 31.3 Å². The maximum Gasteiger partial charge on any atom is 0.410 e. The summed E-state index contributed by atoms with van der Waals surface area (Å²) in [6, 6.07) is 13.2. The number of hydrogen-bond donors (Lipinski definition) is 0. The minimum Gasteiger partial charge on any atom is -0.492 e. The van der Waals surface area contributed by atoms with Gasteiger partial charge in [-0.1, -0.05) is 30.3 Å². The number of rotatable bonds is 6. The van der Waals surface area contributed by atoms with E-state index in [0.717, 1.165) is 31.5 Å². The maximum absolute atomic E-state index is 12.2. The SMILES string of the molecule is CC(C)(C)OC(=O)N1CCN(CCOc2cc(C=O)nc(-c3ccccc3)c2)CC1. The van der Waals surface area contributed by atoms with Crippen molar-refractivity contribution in [3.8, 4) is 17.0 Å². The van der Waals surface area contributed by atoms with Crippen LogP contribution in [-0.2, 0) is 4.74 Å². The van der Waals surface area contributed by atoms with Crippen LogP contribution in [0.2, 0.25) is 0 Å². The van der Waals surface area contributed by atoms with E-state index >= 15 is 0 Å². The molecule has 1 fully saturated rings. The summed E-state index contributed by atoms with van der Waals surface area (Å²) in [4.78, 5) is 31.8. The molecule has 1 aliphatic heterocycles. The van der Waals surface area contributed by atoms with E-state index in [2.05, 4.69) is 9.88 Å². The van der Waals surface area contributed by atoms with Gasteiger partial charge in [0, 0.05) is 50.4 Å². The first-order valence-corrected chi connectivity index (χ1v) is 10.2. The molecule has 7 heteroatoms. The van der Waals surface area contributed by atoms with E-state index in [1.807, 2.05) is 57.2 Å². The lowest BCUT2D eigenvalue weighted by molar-refractivity contribution is 0.0137. The highest BCUT2D eigenvalue weighted by molar-refractivity contribution is 5.75. The molecule has 0 atom stereocenters. The van der Waals surface area contributed by atoms with E-state index in [1.165, 1.54) is 0 Å². The molecular formula is C23H29N3O4. The van der Waals surface area contributed by atoms with Gasteiger partial charge >= 0.3 is 6.09 Å². The smallest absolute Gasteiger partial charge is 0.410 e. The molecule has 0 aliphatic carbocycles. The second-order valence-electron chi connectivity index (χ2n) is 8.25. The van der Waals surface area contributed by atoms with E-state index in [4.69, 9.17) is 9.47 Å². The van der Waals surface area contributed by atoms with E-state index < -0.39 is 5.60 Å². The van der Waals surface area contributed by atoms with Crippen LogP contribution < -0.4 is 4.74 Å². The number of carbonyl (C=O) groups excluding carboxylic acids is 2. The van der Waals surface area contributed by atoms with Gasteiger partial charge in [-0.15, -0.1) is 0 Å². The summed E-state index contributed by atoms with van der Waals surface area (Å²) in [5, 5.41) is 0. The van der Waals surface area contributed by atoms with Crippen LogP contribution in [0.15, 0.2) is 42.5 Å². The van der Waals surface area contributed by atoms with Gasteiger partial charge in [0.2, 0.25) is 0 Å². The molecule has 0 N–H and O–H groups in total. The molecule has 7 nitrogen and oxygen atoms in total. The van der Waals surface area contributed by atoms with Crippen LogP contribution in [0.25, 0.3) is 11.3 Å². The minimum absolute atomic E-state index is 0.259. The summed E-state index contributed by atoms with van der Waals surface area (Å²) in [6.07, 6.45) is 0.472. The molecule has 1 amide bonds. The standard InChI is InChI=1S/C23H29N3O4/c1-23(2,3)30-22(28)26-11-9-25(10-12-26)13-14-29-20-15-19(17-27)24-21(16-20)18-7-5-4-6-8-18/h4-8,15-17H,9-14H2,1-3H3. The van der Waals surface area contributed by atoms with Gasteiger partial charge in [-0.05, 0) is 20.8 Å². The van der Waals surface area contributed by atoms with E-state index in [-0.39, 0.29) is 6.09 Å². The molecule has 160 valence electrons. The van der Waals surface area contributed by atoms with Crippen molar-refractivity contribution in [2.45, 2.75) is 26.4 Å². The van der Waals surface area contributed by atoms with Crippen LogP contribution in [0, 0.1) is 0 Å². The molecule has 0 radical (unpaired) electrons. The summed E-state index contributed by atoms with van der Waals surface area (Å²) < 4.78 is 11.3. The molecule has 1 saturated heterocycles. The van der Waals surface area contributed by atoms with Crippen molar-refractivity contribution < 1.29 is 19.1 Å². The average molecular weight is 412 g/mol. The third kappa shape index (κ3) is 6.29. The van der Waals surface area contributed by atoms with E-state index in [9.17, 15) is 9.59 Å². The first-order valence-electron chi connectivity index (χ1n) is 10.2. The third-order valence-electron chi connectivity index (χ3n) is 4.71. The molecule has 0 bridgehead atoms. The molecule has 3 rings (SSSR count). The maximum atomic E-state index is 12.2. The second-order valence-corrected chi connectivity index (χ2v) is 8.25. The molecule has 30 heavy (non-hydrogen) atoms. The fraction of sp³-hybridized carbons (Fsp3) is 0.435. The van der Waals surface area contributed by atoms with Crippen LogP contribution >= 0.6 is 0 Å². The van der Waals surface area contributed by atoms with Crippen molar-refractivity contribution >= 4 is 12.4 Å². The molecule has 2 heterocycles. The summed E-state index contributed by atoms with van der Waals surface area (Å²) in [7, 11) is 0. The lowest BCUT2D eigenvalue weighted by atomic mass is 10.1. The zero-order valence-electron chi connectivity index (χ0n) is 17.8. The number of amides is 1. The Morgan fingerprint density at radius 3 is 2.43 bits per heavy atom. The summed E-state index contributed by atoms with van der Waals surface area (Å²) in [5.41, 5.74) is 1.51. The van der Waals surface area contributed by atoms with E-state index in [0.29, 0.717) is 36.8 Å². The van der Waals surface area contributed by atoms with Gasteiger partial charge in [-0.25, -0.2) is 9.78 Å². The summed E-state index contributed by atoms with van der Waals surface area (Å²) >= 11 is 0. The predicted octanol–water partition coefficient (Wildman–Crippen LogP) is 3.49. The number of nitrogens with zero attached hydrogens (tertiary/aromatic N) is 3. The molecule has 0 unspecified atom stereocenters. The lowest BCUT2D eigenvalue weighted by Crippen LogP contribution is -2.50. The van der Waals surface area contributed by atoms with Gasteiger partial charge < -0.3 is 14.4 Å². The molecule has 1 aromatic carbocycles. The van der Waals surface area contributed by atoms with Crippen molar-refractivity contribution in [1.82, 2.24) is 14.8 Å². The van der Waals surface area contributed by atoms with Crippen LogP contribution in [-0.4, -0.2) is 72.1 Å². The van der Waals surface area contributed by atoms with Gasteiger partial charge in [0.05, 0.1) is 5.69 Å². The van der Waals surface area contributed by atoms with Gasteiger partial charge in [0.25, 0.3) is 0 Å². The zero-order chi connectivity index (χ0) is 21.6. The topological polar surface area (TPSA) is 72.0 Å². The number of piperazine rings is 1. The fourth-order valence-corrected chi connectivity index (χ4v) is 3.20. The third-order valence-corrected chi connectivity index (χ3v) is 4.71. The Balaban J connectivity index is 1.50. The second kappa shape index (κ2) is 9.71. The summed E-state index contributed by atoms with van der Waals surface area (Å²) in [5.74, 6) is 0.623. The number of benzene rings is 1. The van der Waals surface area contributed by atoms with Crippen LogP contribution in [0.3, 0.4) is 0 Å². The van der Waals surface area contributed by atoms with Crippen molar-refractivity contribution in [3.05, 3.63) is 48.2 Å². The molecule has 0 saturated carbocycles. The van der Waals surface area contributed by atoms with E-state index in [1.54, 1.807) is 11.0 Å². The number of carbonyl (C=O) groups is 2. The Morgan fingerprint density at radius 2 is 1.80 bits per heavy atom. The Bertz CT molecular complexity index is 856. The monoisotopic (exact) mass is 411 g/mol. The number of aromatic nitrogens is 1. The van der Waals surface area contributed by atoms with Gasteiger partial charge in [0.1, 0.15) is 23.7 Å². The van der Waals surface area contributed by atoms with Crippen molar-refractivity contribution in [3.63, 3.8) is 0 Å². The first-order chi connectivity index (χ1) is 14.3. The highest BCUT2D eigenvalue weighted by atomic mass is 16.6.